The van der Waals surface area contributed by atoms with Gasteiger partial charge in [0.1, 0.15) is 22.0 Å². The number of carbonyl (C=O) groups is 1. The third-order valence-electron chi connectivity index (χ3n) is 2.68. The van der Waals surface area contributed by atoms with Gasteiger partial charge in [0, 0.05) is 6.92 Å². The Balaban J connectivity index is 2.34. The molecule has 0 aliphatic rings. The van der Waals surface area contributed by atoms with Gasteiger partial charge in [-0.3, -0.25) is 0 Å². The molecule has 0 unspecified atom stereocenters. The van der Waals surface area contributed by atoms with E-state index in [2.05, 4.69) is 14.9 Å². The van der Waals surface area contributed by atoms with Gasteiger partial charge in [-0.2, -0.15) is 4.98 Å². The highest BCUT2D eigenvalue weighted by Crippen LogP contribution is 2.26. The lowest BCUT2D eigenvalue weighted by Crippen LogP contribution is -2.25. The van der Waals surface area contributed by atoms with Crippen LogP contribution in [-0.4, -0.2) is 29.6 Å². The van der Waals surface area contributed by atoms with Crippen LogP contribution in [0, 0.1) is 20.8 Å². The lowest BCUT2D eigenvalue weighted by molar-refractivity contribution is 0.0691. The van der Waals surface area contributed by atoms with E-state index in [4.69, 9.17) is 14.0 Å². The Labute approximate surface area is 120 Å². The predicted molar refractivity (Wildman–Crippen MR) is 68.2 cm³/mol. The summed E-state index contributed by atoms with van der Waals surface area (Å²) in [5, 5.41) is 12.7. The molecule has 0 fully saturated rings. The monoisotopic (exact) mass is 315 g/mol. The van der Waals surface area contributed by atoms with Gasteiger partial charge >= 0.3 is 5.97 Å². The minimum atomic E-state index is -4.08. The fourth-order valence-corrected chi connectivity index (χ4v) is 3.26. The van der Waals surface area contributed by atoms with Crippen LogP contribution in [0.1, 0.15) is 33.6 Å². The Bertz CT molecular complexity index is 789. The van der Waals surface area contributed by atoms with Crippen LogP contribution in [0.4, 0.5) is 0 Å². The number of rotatable bonds is 5. The molecule has 2 aromatic heterocycles. The molecule has 0 aliphatic heterocycles. The summed E-state index contributed by atoms with van der Waals surface area (Å²) in [5.41, 5.74) is -0.385. The molecule has 0 saturated carbocycles. The summed E-state index contributed by atoms with van der Waals surface area (Å²) in [5.74, 6) is -0.908. The van der Waals surface area contributed by atoms with Crippen LogP contribution in [0.5, 0.6) is 0 Å². The molecule has 0 atom stereocenters. The average Bonchev–Trinajstić information content (AvgIpc) is 2.90. The lowest BCUT2D eigenvalue weighted by Gasteiger charge is -2.04. The van der Waals surface area contributed by atoms with Gasteiger partial charge in [-0.15, -0.1) is 0 Å². The van der Waals surface area contributed by atoms with E-state index in [1.807, 2.05) is 0 Å². The van der Waals surface area contributed by atoms with Gasteiger partial charge in [-0.1, -0.05) is 5.16 Å². The Hall–Kier alpha value is -2.20. The van der Waals surface area contributed by atoms with Crippen LogP contribution < -0.4 is 4.72 Å². The first-order valence-electron chi connectivity index (χ1n) is 5.84. The third kappa shape index (κ3) is 2.95. The van der Waals surface area contributed by atoms with E-state index in [0.29, 0.717) is 5.89 Å². The number of sulfonamides is 1. The van der Waals surface area contributed by atoms with Gasteiger partial charge < -0.3 is 14.0 Å². The summed E-state index contributed by atoms with van der Waals surface area (Å²) in [6.07, 6.45) is 0. The summed E-state index contributed by atoms with van der Waals surface area (Å²) in [7, 11) is -4.08. The van der Waals surface area contributed by atoms with E-state index in [1.54, 1.807) is 6.92 Å². The van der Waals surface area contributed by atoms with Crippen LogP contribution in [-0.2, 0) is 16.6 Å². The number of carboxylic acids is 1. The van der Waals surface area contributed by atoms with E-state index < -0.39 is 20.9 Å². The number of nitrogens with zero attached hydrogens (tertiary/aromatic N) is 2. The van der Waals surface area contributed by atoms with Gasteiger partial charge in [0.15, 0.2) is 5.82 Å². The number of aromatic carboxylic acids is 1. The van der Waals surface area contributed by atoms with Crippen LogP contribution in [0.25, 0.3) is 0 Å². The molecule has 9 nitrogen and oxygen atoms in total. The van der Waals surface area contributed by atoms with Crippen LogP contribution >= 0.6 is 0 Å². The molecular weight excluding hydrogens is 302 g/mol. The first kappa shape index (κ1) is 15.2. The smallest absolute Gasteiger partial charge is 0.340 e. The van der Waals surface area contributed by atoms with Crippen molar-refractivity contribution < 1.29 is 27.3 Å². The maximum atomic E-state index is 12.3. The largest absolute Gasteiger partial charge is 0.478 e. The lowest BCUT2D eigenvalue weighted by atomic mass is 10.2. The number of furan rings is 1. The normalized spacial score (nSPS) is 11.8. The van der Waals surface area contributed by atoms with Crippen molar-refractivity contribution in [2.75, 3.05) is 0 Å². The second kappa shape index (κ2) is 5.30. The van der Waals surface area contributed by atoms with Crippen molar-refractivity contribution in [2.45, 2.75) is 32.2 Å². The zero-order valence-corrected chi connectivity index (χ0v) is 12.3. The second-order valence-electron chi connectivity index (χ2n) is 4.28. The second-order valence-corrected chi connectivity index (χ2v) is 5.98. The van der Waals surface area contributed by atoms with Gasteiger partial charge in [0.05, 0.1) is 6.54 Å². The molecule has 0 spiro atoms. The van der Waals surface area contributed by atoms with Gasteiger partial charge in [-0.05, 0) is 13.8 Å². The van der Waals surface area contributed by atoms with E-state index in [9.17, 15) is 13.2 Å². The zero-order chi connectivity index (χ0) is 15.8. The van der Waals surface area contributed by atoms with E-state index in [-0.39, 0.29) is 29.5 Å². The number of carboxylic acid groups (broad SMARTS) is 1. The van der Waals surface area contributed by atoms with Gasteiger partial charge in [0.2, 0.25) is 15.9 Å². The Kier molecular flexibility index (Phi) is 3.83. The molecule has 21 heavy (non-hydrogen) atoms. The molecule has 2 aromatic rings. The molecule has 2 heterocycles. The van der Waals surface area contributed by atoms with Crippen LogP contribution in [0.3, 0.4) is 0 Å². The highest BCUT2D eigenvalue weighted by molar-refractivity contribution is 7.89. The Morgan fingerprint density at radius 3 is 2.48 bits per heavy atom. The van der Waals surface area contributed by atoms with Crippen molar-refractivity contribution in [1.29, 1.82) is 0 Å². The minimum Gasteiger partial charge on any atom is -0.478 e. The average molecular weight is 315 g/mol. The van der Waals surface area contributed by atoms with Crippen molar-refractivity contribution in [3.05, 3.63) is 28.8 Å². The predicted octanol–water partition coefficient (Wildman–Crippen LogP) is 0.765. The van der Waals surface area contributed by atoms with Crippen LogP contribution in [0.15, 0.2) is 13.8 Å². The minimum absolute atomic E-state index is 0.00157. The number of hydrogen-bond acceptors (Lipinski definition) is 7. The first-order valence-corrected chi connectivity index (χ1v) is 7.33. The van der Waals surface area contributed by atoms with Gasteiger partial charge in [-0.25, -0.2) is 17.9 Å². The molecule has 0 bridgehead atoms. The number of hydrogen-bond donors (Lipinski definition) is 2. The van der Waals surface area contributed by atoms with E-state index in [1.165, 1.54) is 13.8 Å². The quantitative estimate of drug-likeness (QED) is 0.825. The van der Waals surface area contributed by atoms with Crippen molar-refractivity contribution in [1.82, 2.24) is 14.9 Å². The van der Waals surface area contributed by atoms with E-state index in [0.717, 1.165) is 0 Å². The zero-order valence-electron chi connectivity index (χ0n) is 11.5. The summed E-state index contributed by atoms with van der Waals surface area (Å²) in [4.78, 5) is 14.6. The maximum Gasteiger partial charge on any atom is 0.340 e. The fraction of sp³-hybridized carbons (Fsp3) is 0.364. The number of aromatic nitrogens is 2. The fourth-order valence-electron chi connectivity index (χ4n) is 1.88. The Morgan fingerprint density at radius 2 is 1.95 bits per heavy atom. The summed E-state index contributed by atoms with van der Waals surface area (Å²) >= 11 is 0. The topological polar surface area (TPSA) is 136 Å². The van der Waals surface area contributed by atoms with Crippen molar-refractivity contribution >= 4 is 16.0 Å². The molecule has 10 heteroatoms. The highest BCUT2D eigenvalue weighted by atomic mass is 32.2. The molecule has 0 aromatic carbocycles. The molecule has 0 aliphatic carbocycles. The van der Waals surface area contributed by atoms with Crippen molar-refractivity contribution in [3.8, 4) is 0 Å². The third-order valence-corrected chi connectivity index (χ3v) is 4.23. The van der Waals surface area contributed by atoms with Crippen molar-refractivity contribution in [2.24, 2.45) is 0 Å². The Morgan fingerprint density at radius 1 is 1.29 bits per heavy atom. The van der Waals surface area contributed by atoms with Gasteiger partial charge in [0.25, 0.3) is 0 Å². The van der Waals surface area contributed by atoms with Crippen molar-refractivity contribution in [3.63, 3.8) is 0 Å². The summed E-state index contributed by atoms with van der Waals surface area (Å²) in [6, 6.07) is 0. The first-order chi connectivity index (χ1) is 9.72. The molecule has 0 amide bonds. The molecule has 0 radical (unpaired) electrons. The number of aryl methyl sites for hydroxylation is 3. The van der Waals surface area contributed by atoms with Crippen LogP contribution in [0.2, 0.25) is 0 Å². The maximum absolute atomic E-state index is 12.3. The highest BCUT2D eigenvalue weighted by Gasteiger charge is 2.30. The SMILES string of the molecule is Cc1nc(CNS(=O)(=O)c2c(C)oc(C)c2C(=O)O)no1. The summed E-state index contributed by atoms with van der Waals surface area (Å²) in [6.45, 7) is 4.12. The molecule has 2 N–H and O–H groups in total. The standard InChI is InChI=1S/C11H13N3O6S/c1-5-9(11(15)16)10(6(2)19-5)21(17,18)12-4-8-13-7(3)20-14-8/h12H,4H2,1-3H3,(H,15,16). The molecular formula is C11H13N3O6S. The summed E-state index contributed by atoms with van der Waals surface area (Å²) < 4.78 is 36.5. The number of nitrogens with one attached hydrogen (secondary N) is 1. The van der Waals surface area contributed by atoms with E-state index >= 15 is 0 Å². The molecule has 0 saturated heterocycles. The molecule has 2 rings (SSSR count). The molecule has 114 valence electrons.